The Morgan fingerprint density at radius 3 is 2.88 bits per heavy atom. The van der Waals surface area contributed by atoms with Crippen molar-refractivity contribution in [3.05, 3.63) is 38.7 Å². The molecule has 2 unspecified atom stereocenters. The minimum atomic E-state index is -1.23. The molecule has 3 heterocycles. The highest BCUT2D eigenvalue weighted by Gasteiger charge is 2.37. The van der Waals surface area contributed by atoms with E-state index in [0.717, 1.165) is 9.78 Å². The molecular weight excluding hydrogens is 364 g/mol. The van der Waals surface area contributed by atoms with E-state index in [1.165, 1.54) is 15.9 Å². The maximum absolute atomic E-state index is 12.8. The van der Waals surface area contributed by atoms with Crippen molar-refractivity contribution in [2.24, 2.45) is 5.73 Å². The lowest BCUT2D eigenvalue weighted by Crippen LogP contribution is -2.52. The zero-order valence-electron chi connectivity index (χ0n) is 13.4. The molecule has 0 spiro atoms. The molecule has 26 heavy (non-hydrogen) atoms. The third kappa shape index (κ3) is 3.44. The van der Waals surface area contributed by atoms with Crippen LogP contribution in [-0.4, -0.2) is 48.7 Å². The lowest BCUT2D eigenvalue weighted by Gasteiger charge is -2.33. The van der Waals surface area contributed by atoms with Crippen molar-refractivity contribution in [2.45, 2.75) is 31.6 Å². The zero-order chi connectivity index (χ0) is 18.8. The van der Waals surface area contributed by atoms with E-state index in [0.29, 0.717) is 0 Å². The van der Waals surface area contributed by atoms with E-state index >= 15 is 0 Å². The summed E-state index contributed by atoms with van der Waals surface area (Å²) in [5.74, 6) is -1.45. The summed E-state index contributed by atoms with van der Waals surface area (Å²) < 4.78 is 1.20. The van der Waals surface area contributed by atoms with E-state index in [1.807, 2.05) is 0 Å². The molecule has 11 nitrogen and oxygen atoms in total. The fourth-order valence-corrected chi connectivity index (χ4v) is 3.62. The molecule has 12 heteroatoms. The van der Waals surface area contributed by atoms with Crippen LogP contribution in [0.25, 0.3) is 0 Å². The maximum atomic E-state index is 12.8. The number of primary amides is 1. The highest BCUT2D eigenvalue weighted by atomic mass is 32.1. The van der Waals surface area contributed by atoms with Crippen LogP contribution in [0, 0.1) is 0 Å². The fourth-order valence-electron chi connectivity index (χ4n) is 2.84. The normalized spacial score (nSPS) is 17.4. The van der Waals surface area contributed by atoms with Gasteiger partial charge < -0.3 is 21.1 Å². The lowest BCUT2D eigenvalue weighted by molar-refractivity contribution is -0.153. The van der Waals surface area contributed by atoms with Gasteiger partial charge in [0.1, 0.15) is 6.04 Å². The van der Waals surface area contributed by atoms with Crippen molar-refractivity contribution in [2.75, 3.05) is 0 Å². The van der Waals surface area contributed by atoms with E-state index in [-0.39, 0.29) is 25.3 Å². The molecule has 2 aromatic rings. The maximum Gasteiger partial charge on any atom is 0.343 e. The number of carbonyl (C=O) groups is 3. The van der Waals surface area contributed by atoms with Gasteiger partial charge in [0, 0.05) is 4.88 Å². The van der Waals surface area contributed by atoms with Gasteiger partial charge >= 0.3 is 17.7 Å². The molecule has 138 valence electrons. The second-order valence-corrected chi connectivity index (χ2v) is 6.69. The number of nitrogens with zero attached hydrogens (tertiary/aromatic N) is 3. The Morgan fingerprint density at radius 1 is 1.50 bits per heavy atom. The number of hydrogen-bond acceptors (Lipinski definition) is 6. The van der Waals surface area contributed by atoms with Crippen LogP contribution in [-0.2, 0) is 22.7 Å². The first-order chi connectivity index (χ1) is 12.4. The minimum absolute atomic E-state index is 0.123. The summed E-state index contributed by atoms with van der Waals surface area (Å²) in [5.41, 5.74) is 4.66. The summed E-state index contributed by atoms with van der Waals surface area (Å²) in [6.45, 7) is -0.319. The van der Waals surface area contributed by atoms with Gasteiger partial charge in [-0.3, -0.25) is 9.36 Å². The number of nitrogens with one attached hydrogen (secondary N) is 2. The lowest BCUT2D eigenvalue weighted by atomic mass is 10.1. The number of rotatable bonds is 5. The molecule has 5 N–H and O–H groups in total. The molecule has 1 aliphatic rings. The van der Waals surface area contributed by atoms with Crippen LogP contribution in [0.3, 0.4) is 0 Å². The SMILES string of the molecule is NC(=O)NC(CC(=O)N1Cc2n[nH]c(=O)n2CC1C(=O)O)c1cccs1. The molecule has 0 saturated carbocycles. The Bertz CT molecular complexity index is 888. The summed E-state index contributed by atoms with van der Waals surface area (Å²) in [5, 5.41) is 19.8. The van der Waals surface area contributed by atoms with E-state index in [1.54, 1.807) is 17.5 Å². The monoisotopic (exact) mass is 380 g/mol. The standard InChI is InChI=1S/C14H16N6O5S/c15-13(24)16-7(9-2-1-3-26-9)4-11(21)19-6-10-17-18-14(25)20(10)5-8(19)12(22)23/h1-3,7-8H,4-6H2,(H,18,25)(H,22,23)(H3,15,16,24). The van der Waals surface area contributed by atoms with Crippen molar-refractivity contribution in [3.8, 4) is 0 Å². The van der Waals surface area contributed by atoms with Gasteiger partial charge in [0.25, 0.3) is 0 Å². The van der Waals surface area contributed by atoms with Crippen LogP contribution in [0.5, 0.6) is 0 Å². The minimum Gasteiger partial charge on any atom is -0.480 e. The molecule has 0 radical (unpaired) electrons. The largest absolute Gasteiger partial charge is 0.480 e. The van der Waals surface area contributed by atoms with Gasteiger partial charge in [-0.2, -0.15) is 5.10 Å². The Kier molecular flexibility index (Phi) is 4.75. The van der Waals surface area contributed by atoms with E-state index in [4.69, 9.17) is 5.73 Å². The number of urea groups is 1. The number of carbonyl (C=O) groups excluding carboxylic acids is 2. The third-order valence-electron chi connectivity index (χ3n) is 4.07. The summed E-state index contributed by atoms with van der Waals surface area (Å²) >= 11 is 1.34. The Labute approximate surface area is 150 Å². The number of amides is 3. The van der Waals surface area contributed by atoms with E-state index < -0.39 is 35.7 Å². The topological polar surface area (TPSA) is 163 Å². The van der Waals surface area contributed by atoms with Crippen LogP contribution in [0.4, 0.5) is 4.79 Å². The molecule has 3 rings (SSSR count). The third-order valence-corrected chi connectivity index (χ3v) is 5.05. The van der Waals surface area contributed by atoms with Gasteiger partial charge in [0.2, 0.25) is 5.91 Å². The number of hydrogen-bond donors (Lipinski definition) is 4. The molecule has 0 fully saturated rings. The van der Waals surface area contributed by atoms with Gasteiger partial charge in [-0.1, -0.05) is 6.07 Å². The van der Waals surface area contributed by atoms with Crippen LogP contribution in [0.2, 0.25) is 0 Å². The molecule has 0 aliphatic carbocycles. The van der Waals surface area contributed by atoms with Crippen molar-refractivity contribution < 1.29 is 19.5 Å². The van der Waals surface area contributed by atoms with Crippen molar-refractivity contribution in [1.29, 1.82) is 0 Å². The summed E-state index contributed by atoms with van der Waals surface area (Å²) in [6, 6.07) is 0.851. The molecule has 1 aliphatic heterocycles. The number of carboxylic acids is 1. The van der Waals surface area contributed by atoms with Crippen molar-refractivity contribution in [1.82, 2.24) is 25.0 Å². The Balaban J connectivity index is 1.83. The molecule has 3 amide bonds. The van der Waals surface area contributed by atoms with Crippen molar-refractivity contribution >= 4 is 29.2 Å². The van der Waals surface area contributed by atoms with Crippen molar-refractivity contribution in [3.63, 3.8) is 0 Å². The number of aromatic amines is 1. The quantitative estimate of drug-likeness (QED) is 0.532. The Morgan fingerprint density at radius 2 is 2.27 bits per heavy atom. The van der Waals surface area contributed by atoms with Crippen LogP contribution >= 0.6 is 11.3 Å². The highest BCUT2D eigenvalue weighted by molar-refractivity contribution is 7.10. The molecule has 0 bridgehead atoms. The Hall–Kier alpha value is -3.15. The van der Waals surface area contributed by atoms with Gasteiger partial charge in [0.05, 0.1) is 25.6 Å². The van der Waals surface area contributed by atoms with E-state index in [9.17, 15) is 24.3 Å². The second kappa shape index (κ2) is 7.00. The van der Waals surface area contributed by atoms with Gasteiger partial charge in [0.15, 0.2) is 5.82 Å². The summed E-state index contributed by atoms with van der Waals surface area (Å²) in [7, 11) is 0. The van der Waals surface area contributed by atoms with Crippen LogP contribution in [0.1, 0.15) is 23.2 Å². The number of H-pyrrole nitrogens is 1. The number of fused-ring (bicyclic) bond motifs is 1. The van der Waals surface area contributed by atoms with E-state index in [2.05, 4.69) is 15.5 Å². The van der Waals surface area contributed by atoms with Gasteiger partial charge in [-0.15, -0.1) is 11.3 Å². The van der Waals surface area contributed by atoms with Crippen LogP contribution < -0.4 is 16.7 Å². The second-order valence-electron chi connectivity index (χ2n) is 5.71. The number of nitrogens with two attached hydrogens (primary N) is 1. The number of aromatic nitrogens is 3. The first kappa shape index (κ1) is 17.7. The highest BCUT2D eigenvalue weighted by Crippen LogP contribution is 2.25. The fraction of sp³-hybridized carbons (Fsp3) is 0.357. The first-order valence-corrected chi connectivity index (χ1v) is 8.50. The van der Waals surface area contributed by atoms with Crippen LogP contribution in [0.15, 0.2) is 22.3 Å². The number of carboxylic acid groups (broad SMARTS) is 1. The predicted octanol–water partition coefficient (Wildman–Crippen LogP) is -0.772. The first-order valence-electron chi connectivity index (χ1n) is 7.62. The molecule has 0 saturated heterocycles. The van der Waals surface area contributed by atoms with Gasteiger partial charge in [-0.25, -0.2) is 19.5 Å². The number of aliphatic carboxylic acids is 1. The molecule has 2 atom stereocenters. The molecular formula is C14H16N6O5S. The summed E-state index contributed by atoms with van der Waals surface area (Å²) in [4.78, 5) is 49.1. The number of thiophene rings is 1. The average molecular weight is 380 g/mol. The predicted molar refractivity (Wildman–Crippen MR) is 89.2 cm³/mol. The van der Waals surface area contributed by atoms with Gasteiger partial charge in [-0.05, 0) is 11.4 Å². The molecule has 2 aromatic heterocycles. The zero-order valence-corrected chi connectivity index (χ0v) is 14.2. The molecule has 0 aromatic carbocycles. The average Bonchev–Trinajstić information content (AvgIpc) is 3.23. The smallest absolute Gasteiger partial charge is 0.343 e. The summed E-state index contributed by atoms with van der Waals surface area (Å²) in [6.07, 6.45) is -0.165.